The van der Waals surface area contributed by atoms with Crippen molar-refractivity contribution in [1.82, 2.24) is 14.4 Å². The SMILES string of the molecule is Cc1cc(=O)c2ccccc2n1CC(=O)N1CCCC(N(C)C)CC1. The second kappa shape index (κ2) is 7.40. The van der Waals surface area contributed by atoms with Crippen molar-refractivity contribution in [3.05, 3.63) is 46.2 Å². The fourth-order valence-corrected chi connectivity index (χ4v) is 3.74. The van der Waals surface area contributed by atoms with Crippen molar-refractivity contribution in [2.75, 3.05) is 27.2 Å². The molecule has 1 aliphatic rings. The van der Waals surface area contributed by atoms with Gasteiger partial charge in [-0.15, -0.1) is 0 Å². The van der Waals surface area contributed by atoms with Crippen molar-refractivity contribution in [3.63, 3.8) is 0 Å². The second-order valence-electron chi connectivity index (χ2n) is 7.18. The summed E-state index contributed by atoms with van der Waals surface area (Å²) in [7, 11) is 4.22. The van der Waals surface area contributed by atoms with Crippen LogP contribution in [0.2, 0.25) is 0 Å². The number of rotatable bonds is 3. The lowest BCUT2D eigenvalue weighted by Gasteiger charge is -2.24. The zero-order chi connectivity index (χ0) is 18.0. The highest BCUT2D eigenvalue weighted by molar-refractivity contribution is 5.82. The lowest BCUT2D eigenvalue weighted by Crippen LogP contribution is -2.36. The van der Waals surface area contributed by atoms with Crippen molar-refractivity contribution >= 4 is 16.8 Å². The third-order valence-electron chi connectivity index (χ3n) is 5.30. The standard InChI is InChI=1S/C20H27N3O2/c1-15-13-19(24)17-8-4-5-9-18(17)23(15)14-20(25)22-11-6-7-16(10-12-22)21(2)3/h4-5,8-9,13,16H,6-7,10-12,14H2,1-3H3. The van der Waals surface area contributed by atoms with Crippen molar-refractivity contribution < 1.29 is 4.79 Å². The summed E-state index contributed by atoms with van der Waals surface area (Å²) in [6.45, 7) is 3.81. The number of para-hydroxylation sites is 1. The largest absolute Gasteiger partial charge is 0.341 e. The highest BCUT2D eigenvalue weighted by Gasteiger charge is 2.22. The van der Waals surface area contributed by atoms with Gasteiger partial charge in [0.1, 0.15) is 6.54 Å². The first-order valence-electron chi connectivity index (χ1n) is 9.01. The van der Waals surface area contributed by atoms with E-state index in [4.69, 9.17) is 0 Å². The Bertz CT molecular complexity index is 825. The number of fused-ring (bicyclic) bond motifs is 1. The van der Waals surface area contributed by atoms with E-state index in [1.165, 1.54) is 0 Å². The van der Waals surface area contributed by atoms with Crippen LogP contribution in [0.3, 0.4) is 0 Å². The highest BCUT2D eigenvalue weighted by atomic mass is 16.2. The minimum absolute atomic E-state index is 0.0143. The minimum atomic E-state index is 0.0143. The Kier molecular flexibility index (Phi) is 5.23. The van der Waals surface area contributed by atoms with E-state index in [1.807, 2.05) is 40.7 Å². The molecule has 2 aromatic rings. The van der Waals surface area contributed by atoms with Crippen LogP contribution in [0.15, 0.2) is 35.1 Å². The Balaban J connectivity index is 1.82. The van der Waals surface area contributed by atoms with E-state index in [1.54, 1.807) is 6.07 Å². The van der Waals surface area contributed by atoms with Crippen LogP contribution in [-0.4, -0.2) is 53.5 Å². The molecule has 1 aromatic carbocycles. The molecule has 1 atom stereocenters. The van der Waals surface area contributed by atoms with Gasteiger partial charge in [-0.25, -0.2) is 0 Å². The Morgan fingerprint density at radius 2 is 1.96 bits per heavy atom. The molecule has 25 heavy (non-hydrogen) atoms. The van der Waals surface area contributed by atoms with Gasteiger partial charge in [-0.05, 0) is 52.4 Å². The Morgan fingerprint density at radius 1 is 1.20 bits per heavy atom. The molecule has 3 rings (SSSR count). The molecule has 0 N–H and O–H groups in total. The number of amides is 1. The quantitative estimate of drug-likeness (QED) is 0.860. The third kappa shape index (κ3) is 3.76. The zero-order valence-electron chi connectivity index (χ0n) is 15.4. The molecule has 1 fully saturated rings. The summed E-state index contributed by atoms with van der Waals surface area (Å²) in [4.78, 5) is 29.3. The number of likely N-dealkylation sites (tertiary alicyclic amines) is 1. The van der Waals surface area contributed by atoms with Crippen molar-refractivity contribution in [1.29, 1.82) is 0 Å². The van der Waals surface area contributed by atoms with E-state index in [0.717, 1.165) is 43.6 Å². The van der Waals surface area contributed by atoms with Gasteiger partial charge in [-0.3, -0.25) is 9.59 Å². The van der Waals surface area contributed by atoms with Gasteiger partial charge in [0.15, 0.2) is 5.43 Å². The second-order valence-corrected chi connectivity index (χ2v) is 7.18. The summed E-state index contributed by atoms with van der Waals surface area (Å²) in [5.41, 5.74) is 1.68. The van der Waals surface area contributed by atoms with Crippen molar-refractivity contribution in [2.24, 2.45) is 0 Å². The van der Waals surface area contributed by atoms with E-state index in [9.17, 15) is 9.59 Å². The smallest absolute Gasteiger partial charge is 0.242 e. The molecule has 1 aliphatic heterocycles. The summed E-state index contributed by atoms with van der Waals surface area (Å²) in [5, 5.41) is 0.671. The number of aryl methyl sites for hydroxylation is 1. The molecular formula is C20H27N3O2. The number of carbonyl (C=O) groups is 1. The van der Waals surface area contributed by atoms with Crippen LogP contribution < -0.4 is 5.43 Å². The van der Waals surface area contributed by atoms with E-state index >= 15 is 0 Å². The third-order valence-corrected chi connectivity index (χ3v) is 5.30. The van der Waals surface area contributed by atoms with Gasteiger partial charge >= 0.3 is 0 Å². The number of pyridine rings is 1. The maximum atomic E-state index is 12.9. The fraction of sp³-hybridized carbons (Fsp3) is 0.500. The van der Waals surface area contributed by atoms with E-state index < -0.39 is 0 Å². The van der Waals surface area contributed by atoms with Crippen LogP contribution in [0.4, 0.5) is 0 Å². The van der Waals surface area contributed by atoms with Gasteiger partial charge in [-0.2, -0.15) is 0 Å². The van der Waals surface area contributed by atoms with Crippen molar-refractivity contribution in [3.8, 4) is 0 Å². The molecule has 0 radical (unpaired) electrons. The normalized spacial score (nSPS) is 18.6. The maximum Gasteiger partial charge on any atom is 0.242 e. The molecule has 5 heteroatoms. The topological polar surface area (TPSA) is 45.6 Å². The molecule has 1 amide bonds. The fourth-order valence-electron chi connectivity index (χ4n) is 3.74. The van der Waals surface area contributed by atoms with Gasteiger partial charge in [0, 0.05) is 36.3 Å². The van der Waals surface area contributed by atoms with Crippen LogP contribution in [0.5, 0.6) is 0 Å². The van der Waals surface area contributed by atoms with E-state index in [2.05, 4.69) is 19.0 Å². The molecular weight excluding hydrogens is 314 g/mol. The maximum absolute atomic E-state index is 12.9. The van der Waals surface area contributed by atoms with Crippen LogP contribution in [0, 0.1) is 6.92 Å². The van der Waals surface area contributed by atoms with Gasteiger partial charge in [-0.1, -0.05) is 12.1 Å². The zero-order valence-corrected chi connectivity index (χ0v) is 15.4. The lowest BCUT2D eigenvalue weighted by molar-refractivity contribution is -0.131. The van der Waals surface area contributed by atoms with Crippen LogP contribution >= 0.6 is 0 Å². The minimum Gasteiger partial charge on any atom is -0.341 e. The molecule has 0 bridgehead atoms. The first kappa shape index (κ1) is 17.7. The molecule has 0 spiro atoms. The first-order chi connectivity index (χ1) is 12.0. The van der Waals surface area contributed by atoms with E-state index in [-0.39, 0.29) is 11.3 Å². The molecule has 2 heterocycles. The summed E-state index contributed by atoms with van der Waals surface area (Å²) < 4.78 is 1.97. The van der Waals surface area contributed by atoms with Crippen LogP contribution in [0.25, 0.3) is 10.9 Å². The first-order valence-corrected chi connectivity index (χ1v) is 9.01. The molecule has 0 aliphatic carbocycles. The molecule has 1 aromatic heterocycles. The monoisotopic (exact) mass is 341 g/mol. The summed E-state index contributed by atoms with van der Waals surface area (Å²) in [5.74, 6) is 0.135. The summed E-state index contributed by atoms with van der Waals surface area (Å²) >= 11 is 0. The number of hydrogen-bond donors (Lipinski definition) is 0. The van der Waals surface area contributed by atoms with Crippen molar-refractivity contribution in [2.45, 2.75) is 38.8 Å². The predicted molar refractivity (Wildman–Crippen MR) is 101 cm³/mol. The molecule has 1 saturated heterocycles. The van der Waals surface area contributed by atoms with Gasteiger partial charge in [0.25, 0.3) is 0 Å². The van der Waals surface area contributed by atoms with Crippen LogP contribution in [0.1, 0.15) is 25.0 Å². The number of nitrogens with zero attached hydrogens (tertiary/aromatic N) is 3. The number of benzene rings is 1. The molecule has 5 nitrogen and oxygen atoms in total. The van der Waals surface area contributed by atoms with E-state index in [0.29, 0.717) is 18.0 Å². The van der Waals surface area contributed by atoms with Gasteiger partial charge < -0.3 is 14.4 Å². The Morgan fingerprint density at radius 3 is 2.72 bits per heavy atom. The predicted octanol–water partition coefficient (Wildman–Crippen LogP) is 2.25. The van der Waals surface area contributed by atoms with Gasteiger partial charge in [0.05, 0.1) is 5.52 Å². The Hall–Kier alpha value is -2.14. The summed E-state index contributed by atoms with van der Waals surface area (Å²) in [6.07, 6.45) is 3.19. The molecule has 134 valence electrons. The van der Waals surface area contributed by atoms with Gasteiger partial charge in [0.2, 0.25) is 5.91 Å². The lowest BCUT2D eigenvalue weighted by atomic mass is 10.1. The number of aromatic nitrogens is 1. The average Bonchev–Trinajstić information content (AvgIpc) is 2.85. The average molecular weight is 341 g/mol. The number of carbonyl (C=O) groups excluding carboxylic acids is 1. The Labute approximate surface area is 148 Å². The number of hydrogen-bond acceptors (Lipinski definition) is 3. The highest BCUT2D eigenvalue weighted by Crippen LogP contribution is 2.17. The summed E-state index contributed by atoms with van der Waals surface area (Å²) in [6, 6.07) is 9.69. The van der Waals surface area contributed by atoms with Crippen LogP contribution in [-0.2, 0) is 11.3 Å². The molecule has 1 unspecified atom stereocenters. The molecule has 0 saturated carbocycles.